The molecule has 2 aliphatic rings. The number of aryl methyl sites for hydroxylation is 2. The Morgan fingerprint density at radius 1 is 1.24 bits per heavy atom. The molecule has 2 fully saturated rings. The topological polar surface area (TPSA) is 47.0 Å². The Labute approximate surface area is 102 Å². The van der Waals surface area contributed by atoms with Gasteiger partial charge in [0.25, 0.3) is 0 Å². The van der Waals surface area contributed by atoms with E-state index in [1.54, 1.807) is 6.20 Å². The van der Waals surface area contributed by atoms with Crippen LogP contribution in [0.25, 0.3) is 0 Å². The van der Waals surface area contributed by atoms with Crippen molar-refractivity contribution in [1.29, 1.82) is 0 Å². The monoisotopic (exact) mass is 233 g/mol. The Morgan fingerprint density at radius 2 is 1.94 bits per heavy atom. The average Bonchev–Trinajstić information content (AvgIpc) is 2.63. The first-order chi connectivity index (χ1) is 8.20. The molecule has 1 N–H and O–H groups in total. The van der Waals surface area contributed by atoms with Crippen molar-refractivity contribution in [3.8, 4) is 5.88 Å². The SMILES string of the molecule is Cc1cnc(C)c(OC2CC3CCC(C2)N3)n1. The van der Waals surface area contributed by atoms with Gasteiger partial charge in [-0.3, -0.25) is 4.98 Å². The molecular weight excluding hydrogens is 214 g/mol. The van der Waals surface area contributed by atoms with Crippen LogP contribution in [0.2, 0.25) is 0 Å². The second kappa shape index (κ2) is 4.26. The summed E-state index contributed by atoms with van der Waals surface area (Å²) < 4.78 is 6.03. The molecule has 3 heterocycles. The highest BCUT2D eigenvalue weighted by molar-refractivity contribution is 5.18. The molecule has 1 aromatic heterocycles. The molecule has 2 saturated heterocycles. The quantitative estimate of drug-likeness (QED) is 0.845. The van der Waals surface area contributed by atoms with Gasteiger partial charge >= 0.3 is 0 Å². The Bertz CT molecular complexity index is 409. The van der Waals surface area contributed by atoms with Crippen LogP contribution in [0.3, 0.4) is 0 Å². The smallest absolute Gasteiger partial charge is 0.235 e. The van der Waals surface area contributed by atoms with Crippen molar-refractivity contribution in [2.24, 2.45) is 0 Å². The lowest BCUT2D eigenvalue weighted by Crippen LogP contribution is -2.42. The zero-order valence-corrected chi connectivity index (χ0v) is 10.4. The van der Waals surface area contributed by atoms with Crippen molar-refractivity contribution in [2.75, 3.05) is 0 Å². The van der Waals surface area contributed by atoms with Gasteiger partial charge in [-0.25, -0.2) is 4.98 Å². The lowest BCUT2D eigenvalue weighted by atomic mass is 10.0. The summed E-state index contributed by atoms with van der Waals surface area (Å²) in [7, 11) is 0. The molecule has 2 atom stereocenters. The van der Waals surface area contributed by atoms with Crippen molar-refractivity contribution >= 4 is 0 Å². The third-order valence-corrected chi connectivity index (χ3v) is 3.74. The molecule has 2 aliphatic heterocycles. The van der Waals surface area contributed by atoms with E-state index in [0.29, 0.717) is 18.2 Å². The Balaban J connectivity index is 1.72. The lowest BCUT2D eigenvalue weighted by Gasteiger charge is -2.29. The first kappa shape index (κ1) is 11.0. The zero-order chi connectivity index (χ0) is 11.8. The van der Waals surface area contributed by atoms with E-state index in [1.165, 1.54) is 12.8 Å². The maximum absolute atomic E-state index is 6.03. The highest BCUT2D eigenvalue weighted by Gasteiger charge is 2.34. The molecule has 17 heavy (non-hydrogen) atoms. The lowest BCUT2D eigenvalue weighted by molar-refractivity contribution is 0.130. The largest absolute Gasteiger partial charge is 0.473 e. The fraction of sp³-hybridized carbons (Fsp3) is 0.692. The van der Waals surface area contributed by atoms with Gasteiger partial charge in [-0.1, -0.05) is 0 Å². The van der Waals surface area contributed by atoms with Crippen molar-refractivity contribution in [2.45, 2.75) is 57.7 Å². The van der Waals surface area contributed by atoms with Gasteiger partial charge in [0.2, 0.25) is 5.88 Å². The summed E-state index contributed by atoms with van der Waals surface area (Å²) in [6.07, 6.45) is 6.89. The Hall–Kier alpha value is -1.16. The summed E-state index contributed by atoms with van der Waals surface area (Å²) in [4.78, 5) is 8.73. The molecular formula is C13H19N3O. The first-order valence-electron chi connectivity index (χ1n) is 6.43. The van der Waals surface area contributed by atoms with E-state index in [-0.39, 0.29) is 0 Å². The molecule has 0 aromatic carbocycles. The molecule has 3 rings (SSSR count). The van der Waals surface area contributed by atoms with Crippen LogP contribution in [-0.2, 0) is 0 Å². The van der Waals surface area contributed by atoms with E-state index in [2.05, 4.69) is 15.3 Å². The maximum atomic E-state index is 6.03. The molecule has 92 valence electrons. The van der Waals surface area contributed by atoms with Crippen LogP contribution >= 0.6 is 0 Å². The minimum atomic E-state index is 0.309. The third-order valence-electron chi connectivity index (χ3n) is 3.74. The highest BCUT2D eigenvalue weighted by atomic mass is 16.5. The highest BCUT2D eigenvalue weighted by Crippen LogP contribution is 2.29. The number of hydrogen-bond acceptors (Lipinski definition) is 4. The maximum Gasteiger partial charge on any atom is 0.235 e. The first-order valence-corrected chi connectivity index (χ1v) is 6.43. The second-order valence-corrected chi connectivity index (χ2v) is 5.25. The van der Waals surface area contributed by atoms with Gasteiger partial charge in [0.15, 0.2) is 0 Å². The van der Waals surface area contributed by atoms with Crippen molar-refractivity contribution < 1.29 is 4.74 Å². The normalized spacial score (nSPS) is 31.5. The third kappa shape index (κ3) is 2.27. The van der Waals surface area contributed by atoms with Gasteiger partial charge in [-0.2, -0.15) is 0 Å². The summed E-state index contributed by atoms with van der Waals surface area (Å²) in [5, 5.41) is 3.62. The summed E-state index contributed by atoms with van der Waals surface area (Å²) >= 11 is 0. The van der Waals surface area contributed by atoms with E-state index in [0.717, 1.165) is 30.1 Å². The van der Waals surface area contributed by atoms with Crippen LogP contribution < -0.4 is 10.1 Å². The predicted molar refractivity (Wildman–Crippen MR) is 65.1 cm³/mol. The van der Waals surface area contributed by atoms with Crippen molar-refractivity contribution in [3.05, 3.63) is 17.6 Å². The number of nitrogens with one attached hydrogen (secondary N) is 1. The second-order valence-electron chi connectivity index (χ2n) is 5.25. The van der Waals surface area contributed by atoms with Crippen LogP contribution in [0.15, 0.2) is 6.20 Å². The van der Waals surface area contributed by atoms with Crippen molar-refractivity contribution in [1.82, 2.24) is 15.3 Å². The van der Waals surface area contributed by atoms with Gasteiger partial charge in [0, 0.05) is 18.3 Å². The fourth-order valence-corrected chi connectivity index (χ4v) is 2.89. The van der Waals surface area contributed by atoms with E-state index < -0.39 is 0 Å². The summed E-state index contributed by atoms with van der Waals surface area (Å²) in [5.41, 5.74) is 1.81. The zero-order valence-electron chi connectivity index (χ0n) is 10.4. The predicted octanol–water partition coefficient (Wildman–Crippen LogP) is 1.76. The van der Waals surface area contributed by atoms with Crippen molar-refractivity contribution in [3.63, 3.8) is 0 Å². The number of piperidine rings is 1. The van der Waals surface area contributed by atoms with Crippen LogP contribution in [0.4, 0.5) is 0 Å². The minimum absolute atomic E-state index is 0.309. The number of rotatable bonds is 2. The van der Waals surface area contributed by atoms with Gasteiger partial charge in [0.1, 0.15) is 6.10 Å². The molecule has 0 radical (unpaired) electrons. The van der Waals surface area contributed by atoms with E-state index in [9.17, 15) is 0 Å². The van der Waals surface area contributed by atoms with E-state index >= 15 is 0 Å². The Kier molecular flexibility index (Phi) is 2.74. The van der Waals surface area contributed by atoms with Crippen LogP contribution in [-0.4, -0.2) is 28.2 Å². The molecule has 0 saturated carbocycles. The van der Waals surface area contributed by atoms with Crippen LogP contribution in [0.1, 0.15) is 37.1 Å². The molecule has 4 heteroatoms. The summed E-state index contributed by atoms with van der Waals surface area (Å²) in [6, 6.07) is 1.30. The molecule has 0 aliphatic carbocycles. The number of fused-ring (bicyclic) bond motifs is 2. The molecule has 1 aromatic rings. The van der Waals surface area contributed by atoms with E-state index in [4.69, 9.17) is 4.74 Å². The number of nitrogens with zero attached hydrogens (tertiary/aromatic N) is 2. The summed E-state index contributed by atoms with van der Waals surface area (Å²) in [5.74, 6) is 0.719. The van der Waals surface area contributed by atoms with Gasteiger partial charge in [-0.05, 0) is 39.5 Å². The number of ether oxygens (including phenoxy) is 1. The number of hydrogen-bond donors (Lipinski definition) is 1. The molecule has 4 nitrogen and oxygen atoms in total. The molecule has 2 unspecified atom stereocenters. The molecule has 0 spiro atoms. The fourth-order valence-electron chi connectivity index (χ4n) is 2.89. The van der Waals surface area contributed by atoms with Gasteiger partial charge in [-0.15, -0.1) is 0 Å². The average molecular weight is 233 g/mol. The van der Waals surface area contributed by atoms with Crippen LogP contribution in [0, 0.1) is 13.8 Å². The standard InChI is InChI=1S/C13H19N3O/c1-8-7-14-9(2)13(15-8)17-12-5-10-3-4-11(6-12)16-10/h7,10-12,16H,3-6H2,1-2H3. The van der Waals surface area contributed by atoms with Gasteiger partial charge in [0.05, 0.1) is 11.4 Å². The van der Waals surface area contributed by atoms with Crippen LogP contribution in [0.5, 0.6) is 5.88 Å². The van der Waals surface area contributed by atoms with Gasteiger partial charge < -0.3 is 10.1 Å². The molecule has 2 bridgehead atoms. The Morgan fingerprint density at radius 3 is 2.65 bits per heavy atom. The van der Waals surface area contributed by atoms with E-state index in [1.807, 2.05) is 13.8 Å². The molecule has 0 amide bonds. The summed E-state index contributed by atoms with van der Waals surface area (Å²) in [6.45, 7) is 3.91. The number of aromatic nitrogens is 2. The minimum Gasteiger partial charge on any atom is -0.473 e.